The molecule has 112 valence electrons. The smallest absolute Gasteiger partial charge is 0.278 e. The van der Waals surface area contributed by atoms with Gasteiger partial charge in [-0.2, -0.15) is 0 Å². The molecule has 0 aliphatic carbocycles. The molecule has 0 aliphatic rings. The van der Waals surface area contributed by atoms with Crippen LogP contribution in [0.3, 0.4) is 0 Å². The molecule has 0 saturated carbocycles. The summed E-state index contributed by atoms with van der Waals surface area (Å²) in [5.74, 6) is -0.718. The largest absolute Gasteiger partial charge is 0.494 e. The van der Waals surface area contributed by atoms with Crippen molar-refractivity contribution in [1.29, 1.82) is 0 Å². The first kappa shape index (κ1) is 14.0. The number of halogens is 1. The first-order valence-electron chi connectivity index (χ1n) is 6.50. The van der Waals surface area contributed by atoms with Crippen LogP contribution in [0.4, 0.5) is 10.1 Å². The summed E-state index contributed by atoms with van der Waals surface area (Å²) in [6, 6.07) is 4.22. The third-order valence-electron chi connectivity index (χ3n) is 3.32. The number of nitrogens with zero attached hydrogens (tertiary/aromatic N) is 4. The number of hydrogen-bond acceptors (Lipinski definition) is 4. The van der Waals surface area contributed by atoms with Crippen LogP contribution in [0.25, 0.3) is 5.65 Å². The summed E-state index contributed by atoms with van der Waals surface area (Å²) in [4.78, 5) is 22.1. The van der Waals surface area contributed by atoms with E-state index in [2.05, 4.69) is 9.97 Å². The molecule has 0 saturated heterocycles. The summed E-state index contributed by atoms with van der Waals surface area (Å²) in [5.41, 5.74) is 1.43. The maximum absolute atomic E-state index is 13.4. The fourth-order valence-electron chi connectivity index (χ4n) is 2.08. The van der Waals surface area contributed by atoms with Crippen molar-refractivity contribution in [1.82, 2.24) is 14.4 Å². The highest BCUT2D eigenvalue weighted by atomic mass is 19.1. The van der Waals surface area contributed by atoms with E-state index in [0.29, 0.717) is 11.3 Å². The Morgan fingerprint density at radius 2 is 2.18 bits per heavy atom. The minimum atomic E-state index is -0.481. The fraction of sp³-hybridized carbons (Fsp3) is 0.133. The van der Waals surface area contributed by atoms with Crippen molar-refractivity contribution in [3.63, 3.8) is 0 Å². The summed E-state index contributed by atoms with van der Waals surface area (Å²) >= 11 is 0. The van der Waals surface area contributed by atoms with Crippen molar-refractivity contribution in [2.75, 3.05) is 19.1 Å². The van der Waals surface area contributed by atoms with Gasteiger partial charge in [0, 0.05) is 37.4 Å². The summed E-state index contributed by atoms with van der Waals surface area (Å²) in [5, 5.41) is 0. The lowest BCUT2D eigenvalue weighted by Crippen LogP contribution is -2.27. The molecule has 3 aromatic rings. The van der Waals surface area contributed by atoms with Crippen LogP contribution in [-0.4, -0.2) is 34.4 Å². The van der Waals surface area contributed by atoms with Crippen LogP contribution in [0, 0.1) is 5.82 Å². The molecular formula is C15H13FN4O2. The third kappa shape index (κ3) is 2.37. The number of fused-ring (bicyclic) bond motifs is 1. The Morgan fingerprint density at radius 3 is 2.95 bits per heavy atom. The van der Waals surface area contributed by atoms with Gasteiger partial charge in [0.25, 0.3) is 5.91 Å². The van der Waals surface area contributed by atoms with Gasteiger partial charge >= 0.3 is 0 Å². The molecule has 1 amide bonds. The van der Waals surface area contributed by atoms with E-state index in [-0.39, 0.29) is 17.4 Å². The molecule has 0 aliphatic heterocycles. The van der Waals surface area contributed by atoms with Gasteiger partial charge in [-0.15, -0.1) is 0 Å². The zero-order valence-corrected chi connectivity index (χ0v) is 12.0. The topological polar surface area (TPSA) is 59.7 Å². The van der Waals surface area contributed by atoms with Crippen molar-refractivity contribution in [3.05, 3.63) is 54.5 Å². The van der Waals surface area contributed by atoms with E-state index in [1.165, 1.54) is 36.4 Å². The van der Waals surface area contributed by atoms with Crippen molar-refractivity contribution >= 4 is 17.2 Å². The third-order valence-corrected chi connectivity index (χ3v) is 3.32. The van der Waals surface area contributed by atoms with E-state index in [0.717, 1.165) is 0 Å². The van der Waals surface area contributed by atoms with E-state index in [9.17, 15) is 9.18 Å². The molecule has 7 heteroatoms. The Bertz CT molecular complexity index is 846. The number of amides is 1. The Morgan fingerprint density at radius 1 is 1.36 bits per heavy atom. The number of ether oxygens (including phenoxy) is 1. The number of hydrogen-bond donors (Lipinski definition) is 0. The van der Waals surface area contributed by atoms with E-state index < -0.39 is 5.82 Å². The summed E-state index contributed by atoms with van der Waals surface area (Å²) in [6.45, 7) is 0. The molecule has 0 spiro atoms. The number of aromatic nitrogens is 3. The standard InChI is InChI=1S/C15H13FN4O2/c1-19(10-3-4-11(16)13(7-10)22-2)15(21)12-9-20-6-5-17-14(20)8-18-12/h3-9H,1-2H3. The lowest BCUT2D eigenvalue weighted by Gasteiger charge is -2.17. The van der Waals surface area contributed by atoms with Crippen LogP contribution in [0.2, 0.25) is 0 Å². The minimum absolute atomic E-state index is 0.0789. The van der Waals surface area contributed by atoms with Crippen molar-refractivity contribution < 1.29 is 13.9 Å². The molecule has 0 atom stereocenters. The Balaban J connectivity index is 1.93. The van der Waals surface area contributed by atoms with Gasteiger partial charge in [-0.1, -0.05) is 0 Å². The summed E-state index contributed by atoms with van der Waals surface area (Å²) < 4.78 is 20.1. The molecular weight excluding hydrogens is 287 g/mol. The van der Waals surface area contributed by atoms with Gasteiger partial charge < -0.3 is 14.0 Å². The number of rotatable bonds is 3. The quantitative estimate of drug-likeness (QED) is 0.743. The Kier molecular flexibility index (Phi) is 3.46. The molecule has 0 fully saturated rings. The molecule has 3 rings (SSSR count). The minimum Gasteiger partial charge on any atom is -0.494 e. The normalized spacial score (nSPS) is 10.7. The van der Waals surface area contributed by atoms with Gasteiger partial charge in [0.05, 0.1) is 13.3 Å². The first-order valence-corrected chi connectivity index (χ1v) is 6.50. The van der Waals surface area contributed by atoms with Gasteiger partial charge in [0.2, 0.25) is 0 Å². The van der Waals surface area contributed by atoms with E-state index in [1.807, 2.05) is 0 Å². The Labute approximate surface area is 125 Å². The molecule has 1 aromatic carbocycles. The zero-order valence-electron chi connectivity index (χ0n) is 12.0. The zero-order chi connectivity index (χ0) is 15.7. The van der Waals surface area contributed by atoms with Crippen LogP contribution < -0.4 is 9.64 Å². The summed E-state index contributed by atoms with van der Waals surface area (Å²) in [7, 11) is 2.97. The van der Waals surface area contributed by atoms with Crippen LogP contribution in [-0.2, 0) is 0 Å². The second kappa shape index (κ2) is 5.44. The van der Waals surface area contributed by atoms with E-state index in [4.69, 9.17) is 4.74 Å². The average Bonchev–Trinajstić information content (AvgIpc) is 3.01. The lowest BCUT2D eigenvalue weighted by atomic mass is 10.2. The fourth-order valence-corrected chi connectivity index (χ4v) is 2.08. The number of carbonyl (C=O) groups is 1. The molecule has 2 heterocycles. The lowest BCUT2D eigenvalue weighted by molar-refractivity contribution is 0.0987. The van der Waals surface area contributed by atoms with Crippen molar-refractivity contribution in [3.8, 4) is 5.75 Å². The Hall–Kier alpha value is -2.96. The van der Waals surface area contributed by atoms with Crippen LogP contribution in [0.15, 0.2) is 43.0 Å². The number of imidazole rings is 1. The maximum Gasteiger partial charge on any atom is 0.278 e. The van der Waals surface area contributed by atoms with Gasteiger partial charge in [-0.05, 0) is 12.1 Å². The number of methoxy groups -OCH3 is 1. The molecule has 0 unspecified atom stereocenters. The molecule has 0 N–H and O–H groups in total. The van der Waals surface area contributed by atoms with Crippen LogP contribution >= 0.6 is 0 Å². The van der Waals surface area contributed by atoms with Crippen LogP contribution in [0.1, 0.15) is 10.5 Å². The highest BCUT2D eigenvalue weighted by Crippen LogP contribution is 2.24. The second-order valence-corrected chi connectivity index (χ2v) is 4.65. The predicted octanol–water partition coefficient (Wildman–Crippen LogP) is 2.15. The van der Waals surface area contributed by atoms with E-state index in [1.54, 1.807) is 30.0 Å². The van der Waals surface area contributed by atoms with Crippen molar-refractivity contribution in [2.45, 2.75) is 0 Å². The van der Waals surface area contributed by atoms with Crippen LogP contribution in [0.5, 0.6) is 5.75 Å². The average molecular weight is 300 g/mol. The molecule has 0 bridgehead atoms. The molecule has 22 heavy (non-hydrogen) atoms. The van der Waals surface area contributed by atoms with Gasteiger partial charge in [-0.3, -0.25) is 4.79 Å². The van der Waals surface area contributed by atoms with Gasteiger partial charge in [-0.25, -0.2) is 14.4 Å². The molecule has 6 nitrogen and oxygen atoms in total. The SMILES string of the molecule is COc1cc(N(C)C(=O)c2cn3ccnc3cn2)ccc1F. The van der Waals surface area contributed by atoms with Gasteiger partial charge in [0.1, 0.15) is 5.69 Å². The molecule has 0 radical (unpaired) electrons. The van der Waals surface area contributed by atoms with E-state index >= 15 is 0 Å². The first-order chi connectivity index (χ1) is 10.6. The maximum atomic E-state index is 13.4. The monoisotopic (exact) mass is 300 g/mol. The number of carbonyl (C=O) groups excluding carboxylic acids is 1. The highest BCUT2D eigenvalue weighted by Gasteiger charge is 2.17. The summed E-state index contributed by atoms with van der Waals surface area (Å²) in [6.07, 6.45) is 6.47. The predicted molar refractivity (Wildman–Crippen MR) is 78.7 cm³/mol. The molecule has 2 aromatic heterocycles. The highest BCUT2D eigenvalue weighted by molar-refractivity contribution is 6.04. The second-order valence-electron chi connectivity index (χ2n) is 4.65. The van der Waals surface area contributed by atoms with Crippen molar-refractivity contribution in [2.24, 2.45) is 0 Å². The van der Waals surface area contributed by atoms with Gasteiger partial charge in [0.15, 0.2) is 17.2 Å². The number of benzene rings is 1. The number of anilines is 1.